The molecule has 0 spiro atoms. The number of carbonyl (C=O) groups excluding carboxylic acids is 1. The summed E-state index contributed by atoms with van der Waals surface area (Å²) in [5.74, 6) is 2.22. The Balaban J connectivity index is 1.49. The van der Waals surface area contributed by atoms with Crippen LogP contribution in [0.5, 0.6) is 5.75 Å². The zero-order valence-electron chi connectivity index (χ0n) is 20.8. The van der Waals surface area contributed by atoms with E-state index in [4.69, 9.17) is 14.5 Å². The van der Waals surface area contributed by atoms with Gasteiger partial charge in [0.2, 0.25) is 5.91 Å². The molecule has 2 fully saturated rings. The van der Waals surface area contributed by atoms with Crippen LogP contribution in [0.2, 0.25) is 25.7 Å². The molecule has 1 atom stereocenters. The van der Waals surface area contributed by atoms with E-state index in [-0.39, 0.29) is 24.0 Å². The molecule has 0 bridgehead atoms. The second-order valence-electron chi connectivity index (χ2n) is 11.3. The number of rotatable bonds is 9. The number of anilines is 1. The smallest absolute Gasteiger partial charge is 0.230 e. The fourth-order valence-electron chi connectivity index (χ4n) is 4.56. The number of nitrogens with zero attached hydrogens (tertiary/aromatic N) is 3. The molecule has 0 saturated heterocycles. The van der Waals surface area contributed by atoms with Crippen LogP contribution in [-0.2, 0) is 22.7 Å². The maximum absolute atomic E-state index is 13.2. The van der Waals surface area contributed by atoms with Crippen LogP contribution < -0.4 is 9.64 Å². The Morgan fingerprint density at radius 2 is 1.94 bits per heavy atom. The van der Waals surface area contributed by atoms with Crippen molar-refractivity contribution < 1.29 is 14.3 Å². The highest BCUT2D eigenvalue weighted by Gasteiger charge is 2.40. The third-order valence-electron chi connectivity index (χ3n) is 6.99. The molecule has 34 heavy (non-hydrogen) atoms. The average molecular weight is 547 g/mol. The van der Waals surface area contributed by atoms with Crippen molar-refractivity contribution in [2.75, 3.05) is 11.5 Å². The first kappa shape index (κ1) is 24.1. The molecule has 0 radical (unpaired) electrons. The quantitative estimate of drug-likeness (QED) is 0.276. The summed E-state index contributed by atoms with van der Waals surface area (Å²) in [4.78, 5) is 19.9. The van der Waals surface area contributed by atoms with Gasteiger partial charge in [0.15, 0.2) is 0 Å². The minimum absolute atomic E-state index is 0.198. The molecule has 1 aromatic heterocycles. The molecule has 1 amide bonds. The summed E-state index contributed by atoms with van der Waals surface area (Å²) in [5, 5.41) is 0. The first-order valence-corrected chi connectivity index (χ1v) is 17.2. The number of benzene rings is 1. The van der Waals surface area contributed by atoms with Gasteiger partial charge in [-0.05, 0) is 79.6 Å². The van der Waals surface area contributed by atoms with Crippen molar-refractivity contribution in [3.05, 3.63) is 28.5 Å². The summed E-state index contributed by atoms with van der Waals surface area (Å²) in [6.07, 6.45) is 8.17. The number of fused-ring (bicyclic) bond motifs is 1. The van der Waals surface area contributed by atoms with E-state index in [1.165, 1.54) is 0 Å². The van der Waals surface area contributed by atoms with Crippen LogP contribution in [0.3, 0.4) is 0 Å². The van der Waals surface area contributed by atoms with E-state index in [9.17, 15) is 4.79 Å². The standard InChI is InChI=1S/C26H36BrN3O3Si/c1-17-5-10-20-22(30(17)26(31)18-6-7-18)12-11-21(24(20)33-19-8-9-19)25-28-15-23(27)29(25)16-32-13-14-34(2,3)4/h11-12,15,17-19H,5-10,13-14,16H2,1-4H3/t17-/m0/s1. The lowest BCUT2D eigenvalue weighted by Crippen LogP contribution is -2.43. The Labute approximate surface area is 212 Å². The van der Waals surface area contributed by atoms with Crippen LogP contribution >= 0.6 is 15.9 Å². The minimum atomic E-state index is -1.15. The molecular formula is C26H36BrN3O3Si. The third-order valence-corrected chi connectivity index (χ3v) is 9.32. The molecule has 2 heterocycles. The van der Waals surface area contributed by atoms with Crippen LogP contribution in [0.25, 0.3) is 11.4 Å². The Bertz CT molecular complexity index is 1070. The van der Waals surface area contributed by atoms with E-state index in [0.717, 1.165) is 84.2 Å². The highest BCUT2D eigenvalue weighted by atomic mass is 79.9. The Morgan fingerprint density at radius 3 is 2.62 bits per heavy atom. The molecule has 8 heteroatoms. The summed E-state index contributed by atoms with van der Waals surface area (Å²) in [6.45, 7) is 10.5. The van der Waals surface area contributed by atoms with Gasteiger partial charge in [-0.2, -0.15) is 0 Å². The van der Waals surface area contributed by atoms with Crippen LogP contribution in [0.4, 0.5) is 5.69 Å². The Morgan fingerprint density at radius 1 is 1.18 bits per heavy atom. The predicted octanol–water partition coefficient (Wildman–Crippen LogP) is 6.24. The van der Waals surface area contributed by atoms with E-state index in [2.05, 4.69) is 59.2 Å². The maximum Gasteiger partial charge on any atom is 0.230 e. The monoisotopic (exact) mass is 545 g/mol. The molecule has 0 unspecified atom stereocenters. The first-order valence-electron chi connectivity index (χ1n) is 12.7. The van der Waals surface area contributed by atoms with Crippen LogP contribution in [0.1, 0.15) is 44.6 Å². The van der Waals surface area contributed by atoms with Crippen molar-refractivity contribution in [1.29, 1.82) is 0 Å². The summed E-state index contributed by atoms with van der Waals surface area (Å²) in [6, 6.07) is 5.55. The first-order chi connectivity index (χ1) is 16.2. The van der Waals surface area contributed by atoms with Gasteiger partial charge < -0.3 is 14.4 Å². The van der Waals surface area contributed by atoms with Crippen molar-refractivity contribution in [3.63, 3.8) is 0 Å². The number of hydrogen-bond donors (Lipinski definition) is 0. The van der Waals surface area contributed by atoms with Crippen molar-refractivity contribution in [3.8, 4) is 17.1 Å². The molecule has 6 nitrogen and oxygen atoms in total. The molecule has 5 rings (SSSR count). The van der Waals surface area contributed by atoms with Gasteiger partial charge in [0, 0.05) is 32.2 Å². The van der Waals surface area contributed by atoms with Crippen molar-refractivity contribution >= 4 is 35.6 Å². The summed E-state index contributed by atoms with van der Waals surface area (Å²) in [5.41, 5.74) is 3.17. The highest BCUT2D eigenvalue weighted by Crippen LogP contribution is 2.46. The molecule has 184 valence electrons. The van der Waals surface area contributed by atoms with Gasteiger partial charge in [-0.1, -0.05) is 19.6 Å². The molecule has 2 saturated carbocycles. The number of ether oxygens (including phenoxy) is 2. The zero-order valence-corrected chi connectivity index (χ0v) is 23.4. The largest absolute Gasteiger partial charge is 0.489 e. The fourth-order valence-corrected chi connectivity index (χ4v) is 5.69. The van der Waals surface area contributed by atoms with E-state index in [0.29, 0.717) is 6.73 Å². The van der Waals surface area contributed by atoms with Gasteiger partial charge in [-0.3, -0.25) is 9.36 Å². The molecule has 2 aliphatic carbocycles. The number of carbonyl (C=O) groups is 1. The van der Waals surface area contributed by atoms with Gasteiger partial charge in [-0.15, -0.1) is 0 Å². The van der Waals surface area contributed by atoms with E-state index in [1.807, 2.05) is 11.1 Å². The molecule has 0 N–H and O–H groups in total. The number of aromatic nitrogens is 2. The van der Waals surface area contributed by atoms with Gasteiger partial charge in [0.25, 0.3) is 0 Å². The third kappa shape index (κ3) is 5.14. The van der Waals surface area contributed by atoms with Crippen molar-refractivity contribution in [2.24, 2.45) is 5.92 Å². The van der Waals surface area contributed by atoms with E-state index in [1.54, 1.807) is 0 Å². The molecular weight excluding hydrogens is 510 g/mol. The molecule has 3 aliphatic rings. The Kier molecular flexibility index (Phi) is 6.68. The lowest BCUT2D eigenvalue weighted by Gasteiger charge is -2.36. The topological polar surface area (TPSA) is 56.6 Å². The molecule has 1 aliphatic heterocycles. The molecule has 2 aromatic rings. The van der Waals surface area contributed by atoms with E-state index >= 15 is 0 Å². The van der Waals surface area contributed by atoms with Gasteiger partial charge in [0.05, 0.1) is 23.6 Å². The van der Waals surface area contributed by atoms with Gasteiger partial charge in [0.1, 0.15) is 22.9 Å². The average Bonchev–Trinajstić information content (AvgIpc) is 3.70. The maximum atomic E-state index is 13.2. The van der Waals surface area contributed by atoms with Crippen molar-refractivity contribution in [2.45, 2.75) is 90.0 Å². The number of halogens is 1. The lowest BCUT2D eigenvalue weighted by atomic mass is 9.93. The summed E-state index contributed by atoms with van der Waals surface area (Å²) in [7, 11) is -1.15. The summed E-state index contributed by atoms with van der Waals surface area (Å²) >= 11 is 3.66. The van der Waals surface area contributed by atoms with Gasteiger partial charge >= 0.3 is 0 Å². The number of hydrogen-bond acceptors (Lipinski definition) is 4. The molecule has 1 aromatic carbocycles. The highest BCUT2D eigenvalue weighted by molar-refractivity contribution is 9.10. The van der Waals surface area contributed by atoms with Gasteiger partial charge in [-0.25, -0.2) is 4.98 Å². The van der Waals surface area contributed by atoms with Crippen molar-refractivity contribution in [1.82, 2.24) is 9.55 Å². The normalized spacial score (nSPS) is 20.4. The number of imidazole rings is 1. The van der Waals surface area contributed by atoms with Crippen LogP contribution in [0, 0.1) is 5.92 Å². The summed E-state index contributed by atoms with van der Waals surface area (Å²) < 4.78 is 15.6. The minimum Gasteiger partial charge on any atom is -0.489 e. The Hall–Kier alpha value is -1.64. The zero-order chi connectivity index (χ0) is 24.0. The predicted molar refractivity (Wildman–Crippen MR) is 141 cm³/mol. The lowest BCUT2D eigenvalue weighted by molar-refractivity contribution is -0.120. The fraction of sp³-hybridized carbons (Fsp3) is 0.615. The van der Waals surface area contributed by atoms with E-state index < -0.39 is 8.07 Å². The second kappa shape index (κ2) is 9.43. The number of amides is 1. The SMILES string of the molecule is C[C@H]1CCc2c(ccc(-c3ncc(Br)n3COCC[Si](C)(C)C)c2OC2CC2)N1C(=O)C1CC1. The second-order valence-corrected chi connectivity index (χ2v) is 17.7. The van der Waals surface area contributed by atoms with Crippen LogP contribution in [-0.4, -0.2) is 42.3 Å². The van der Waals surface area contributed by atoms with Crippen LogP contribution in [0.15, 0.2) is 22.9 Å².